The molecule has 2 aromatic carbocycles. The summed E-state index contributed by atoms with van der Waals surface area (Å²) in [4.78, 5) is 36.4. The molecule has 0 aromatic heterocycles. The lowest BCUT2D eigenvalue weighted by Gasteiger charge is -2.18. The number of benzene rings is 2. The quantitative estimate of drug-likeness (QED) is 0.491. The predicted octanol–water partition coefficient (Wildman–Crippen LogP) is 1.76. The van der Waals surface area contributed by atoms with Crippen molar-refractivity contribution < 1.29 is 14.4 Å². The van der Waals surface area contributed by atoms with E-state index in [0.29, 0.717) is 6.54 Å². The zero-order valence-electron chi connectivity index (χ0n) is 15.6. The van der Waals surface area contributed by atoms with E-state index in [0.717, 1.165) is 11.1 Å². The van der Waals surface area contributed by atoms with Crippen LogP contribution in [0.3, 0.4) is 0 Å². The fourth-order valence-corrected chi connectivity index (χ4v) is 2.51. The molecule has 0 saturated carbocycles. The molecule has 0 heterocycles. The Kier molecular flexibility index (Phi) is 7.55. The number of nitrogens with one attached hydrogen (secondary N) is 3. The molecular formula is C21H25N3O3. The summed E-state index contributed by atoms with van der Waals surface area (Å²) in [5, 5.41) is 8.09. The molecule has 0 radical (unpaired) electrons. The van der Waals surface area contributed by atoms with E-state index in [1.807, 2.05) is 60.7 Å². The minimum absolute atomic E-state index is 0.199. The van der Waals surface area contributed by atoms with Gasteiger partial charge in [-0.15, -0.1) is 0 Å². The lowest BCUT2D eigenvalue weighted by Crippen LogP contribution is -2.50. The number of carbonyl (C=O) groups excluding carboxylic acids is 3. The molecule has 3 N–H and O–H groups in total. The van der Waals surface area contributed by atoms with Crippen LogP contribution in [0.2, 0.25) is 0 Å². The van der Waals surface area contributed by atoms with Crippen molar-refractivity contribution >= 4 is 17.7 Å². The molecule has 2 aromatic rings. The van der Waals surface area contributed by atoms with Gasteiger partial charge in [-0.05, 0) is 25.0 Å². The summed E-state index contributed by atoms with van der Waals surface area (Å²) in [6, 6.07) is 18.8. The molecule has 0 aliphatic rings. The van der Waals surface area contributed by atoms with Crippen molar-refractivity contribution in [2.24, 2.45) is 5.92 Å². The van der Waals surface area contributed by atoms with Gasteiger partial charge in [0.1, 0.15) is 5.92 Å². The van der Waals surface area contributed by atoms with Crippen LogP contribution in [-0.4, -0.2) is 23.9 Å². The first-order valence-electron chi connectivity index (χ1n) is 8.91. The first-order chi connectivity index (χ1) is 13.0. The Bertz CT molecular complexity index is 763. The monoisotopic (exact) mass is 367 g/mol. The van der Waals surface area contributed by atoms with Crippen molar-refractivity contribution in [3.05, 3.63) is 71.8 Å². The highest BCUT2D eigenvalue weighted by Gasteiger charge is 2.22. The molecule has 6 heteroatoms. The van der Waals surface area contributed by atoms with Crippen LogP contribution in [0, 0.1) is 5.92 Å². The average molecular weight is 367 g/mol. The minimum Gasteiger partial charge on any atom is -0.351 e. The lowest BCUT2D eigenvalue weighted by molar-refractivity contribution is -0.135. The Hall–Kier alpha value is -3.15. The Morgan fingerprint density at radius 2 is 1.33 bits per heavy atom. The molecule has 0 bridgehead atoms. The fraction of sp³-hybridized carbons (Fsp3) is 0.286. The van der Waals surface area contributed by atoms with Crippen molar-refractivity contribution in [1.82, 2.24) is 16.0 Å². The molecule has 0 spiro atoms. The number of carbonyl (C=O) groups is 3. The fourth-order valence-electron chi connectivity index (χ4n) is 2.51. The maximum atomic E-state index is 12.2. The highest BCUT2D eigenvalue weighted by molar-refractivity contribution is 6.00. The zero-order chi connectivity index (χ0) is 19.6. The van der Waals surface area contributed by atoms with Crippen LogP contribution in [0.25, 0.3) is 0 Å². The highest BCUT2D eigenvalue weighted by Crippen LogP contribution is 2.02. The summed E-state index contributed by atoms with van der Waals surface area (Å²) in [5.74, 6) is -1.86. The van der Waals surface area contributed by atoms with Crippen LogP contribution in [-0.2, 0) is 27.3 Å². The summed E-state index contributed by atoms with van der Waals surface area (Å²) in [7, 11) is 0. The van der Waals surface area contributed by atoms with Gasteiger partial charge in [-0.3, -0.25) is 14.4 Å². The van der Waals surface area contributed by atoms with Crippen LogP contribution in [0.5, 0.6) is 0 Å². The number of hydrogen-bond donors (Lipinski definition) is 3. The second-order valence-corrected chi connectivity index (χ2v) is 6.39. The summed E-state index contributed by atoms with van der Waals surface area (Å²) in [5.41, 5.74) is 1.85. The Morgan fingerprint density at radius 3 is 1.93 bits per heavy atom. The van der Waals surface area contributed by atoms with E-state index >= 15 is 0 Å². The van der Waals surface area contributed by atoms with Crippen molar-refractivity contribution in [2.75, 3.05) is 0 Å². The third-order valence-electron chi connectivity index (χ3n) is 4.04. The van der Waals surface area contributed by atoms with Crippen LogP contribution in [0.1, 0.15) is 25.0 Å². The maximum absolute atomic E-state index is 12.2. The molecule has 2 atom stereocenters. The van der Waals surface area contributed by atoms with E-state index in [2.05, 4.69) is 16.0 Å². The maximum Gasteiger partial charge on any atom is 0.233 e. The van der Waals surface area contributed by atoms with E-state index in [4.69, 9.17) is 0 Å². The normalized spacial score (nSPS) is 12.5. The zero-order valence-corrected chi connectivity index (χ0v) is 15.6. The van der Waals surface area contributed by atoms with Gasteiger partial charge in [0.25, 0.3) is 0 Å². The molecule has 6 nitrogen and oxygen atoms in total. The van der Waals surface area contributed by atoms with Crippen molar-refractivity contribution in [1.29, 1.82) is 0 Å². The molecule has 2 unspecified atom stereocenters. The molecule has 142 valence electrons. The second-order valence-electron chi connectivity index (χ2n) is 6.39. The van der Waals surface area contributed by atoms with E-state index < -0.39 is 18.0 Å². The van der Waals surface area contributed by atoms with Gasteiger partial charge in [0.2, 0.25) is 17.7 Å². The van der Waals surface area contributed by atoms with Gasteiger partial charge < -0.3 is 16.0 Å². The highest BCUT2D eigenvalue weighted by atomic mass is 16.2. The van der Waals surface area contributed by atoms with Crippen LogP contribution < -0.4 is 16.0 Å². The van der Waals surface area contributed by atoms with Crippen molar-refractivity contribution in [3.8, 4) is 0 Å². The molecule has 27 heavy (non-hydrogen) atoms. The SMILES string of the molecule is CC(NC(=O)Cc1ccccc1)NC(=O)C(C)C(=O)NCc1ccccc1. The molecular weight excluding hydrogens is 342 g/mol. The minimum atomic E-state index is -0.859. The van der Waals surface area contributed by atoms with E-state index in [-0.39, 0.29) is 18.2 Å². The van der Waals surface area contributed by atoms with Gasteiger partial charge in [-0.2, -0.15) is 0 Å². The summed E-state index contributed by atoms with van der Waals surface area (Å²) in [6.07, 6.45) is -0.341. The number of rotatable bonds is 8. The molecule has 0 aliphatic carbocycles. The first-order valence-corrected chi connectivity index (χ1v) is 8.91. The predicted molar refractivity (Wildman–Crippen MR) is 103 cm³/mol. The summed E-state index contributed by atoms with van der Waals surface area (Å²) >= 11 is 0. The summed E-state index contributed by atoms with van der Waals surface area (Å²) in [6.45, 7) is 3.56. The largest absolute Gasteiger partial charge is 0.351 e. The second kappa shape index (κ2) is 10.1. The number of amides is 3. The average Bonchev–Trinajstić information content (AvgIpc) is 2.66. The van der Waals surface area contributed by atoms with Gasteiger partial charge in [-0.25, -0.2) is 0 Å². The van der Waals surface area contributed by atoms with Crippen LogP contribution in [0.4, 0.5) is 0 Å². The third kappa shape index (κ3) is 6.93. The van der Waals surface area contributed by atoms with Gasteiger partial charge in [0.05, 0.1) is 12.6 Å². The third-order valence-corrected chi connectivity index (χ3v) is 4.04. The Balaban J connectivity index is 1.75. The van der Waals surface area contributed by atoms with Crippen molar-refractivity contribution in [3.63, 3.8) is 0 Å². The van der Waals surface area contributed by atoms with E-state index in [1.165, 1.54) is 6.92 Å². The first kappa shape index (κ1) is 20.2. The Labute approximate surface area is 159 Å². The summed E-state index contributed by atoms with van der Waals surface area (Å²) < 4.78 is 0. The van der Waals surface area contributed by atoms with Crippen LogP contribution in [0.15, 0.2) is 60.7 Å². The molecule has 3 amide bonds. The van der Waals surface area contributed by atoms with Gasteiger partial charge in [0, 0.05) is 6.54 Å². The van der Waals surface area contributed by atoms with Crippen LogP contribution >= 0.6 is 0 Å². The van der Waals surface area contributed by atoms with Crippen molar-refractivity contribution in [2.45, 2.75) is 33.0 Å². The standard InChI is InChI=1S/C21H25N3O3/c1-15(20(26)22-14-18-11-7-4-8-12-18)21(27)24-16(2)23-19(25)13-17-9-5-3-6-10-17/h3-12,15-16H,13-14H2,1-2H3,(H,22,26)(H,23,25)(H,24,27). The lowest BCUT2D eigenvalue weighted by atomic mass is 10.1. The molecule has 2 rings (SSSR count). The van der Waals surface area contributed by atoms with E-state index in [9.17, 15) is 14.4 Å². The van der Waals surface area contributed by atoms with Gasteiger partial charge in [-0.1, -0.05) is 60.7 Å². The molecule has 0 saturated heterocycles. The van der Waals surface area contributed by atoms with E-state index in [1.54, 1.807) is 6.92 Å². The molecule has 0 fully saturated rings. The number of hydrogen-bond acceptors (Lipinski definition) is 3. The molecule has 0 aliphatic heterocycles. The van der Waals surface area contributed by atoms with Gasteiger partial charge >= 0.3 is 0 Å². The smallest absolute Gasteiger partial charge is 0.233 e. The van der Waals surface area contributed by atoms with Gasteiger partial charge in [0.15, 0.2) is 0 Å². The topological polar surface area (TPSA) is 87.3 Å². The Morgan fingerprint density at radius 1 is 0.778 bits per heavy atom.